The largest absolute Gasteiger partial charge is 0.490 e. The third kappa shape index (κ3) is 6.32. The molecule has 27 heavy (non-hydrogen) atoms. The molecule has 3 atom stereocenters. The van der Waals surface area contributed by atoms with Crippen LogP contribution < -0.4 is 4.74 Å². The van der Waals surface area contributed by atoms with Crippen molar-refractivity contribution >= 4 is 15.9 Å². The topological polar surface area (TPSA) is 52.9 Å². The Labute approximate surface area is 170 Å². The van der Waals surface area contributed by atoms with E-state index >= 15 is 0 Å². The Morgan fingerprint density at radius 2 is 1.67 bits per heavy atom. The highest BCUT2D eigenvalue weighted by Crippen LogP contribution is 2.29. The Morgan fingerprint density at radius 3 is 2.26 bits per heavy atom. The molecule has 0 saturated carbocycles. The molecule has 2 N–H and O–H groups in total. The van der Waals surface area contributed by atoms with E-state index in [1.165, 1.54) is 5.56 Å². The first-order valence-corrected chi connectivity index (χ1v) is 10.1. The van der Waals surface area contributed by atoms with E-state index in [4.69, 9.17) is 4.74 Å². The monoisotopic (exact) mass is 435 g/mol. The fourth-order valence-corrected chi connectivity index (χ4v) is 3.41. The summed E-state index contributed by atoms with van der Waals surface area (Å²) in [5.74, 6) is 1.17. The summed E-state index contributed by atoms with van der Waals surface area (Å²) in [6, 6.07) is 15.5. The third-order valence-corrected chi connectivity index (χ3v) is 5.47. The highest BCUT2D eigenvalue weighted by atomic mass is 79.9. The highest BCUT2D eigenvalue weighted by Gasteiger charge is 2.22. The van der Waals surface area contributed by atoms with Gasteiger partial charge in [0.2, 0.25) is 0 Å². The average Bonchev–Trinajstić information content (AvgIpc) is 2.66. The third-order valence-electron chi connectivity index (χ3n) is 4.85. The van der Waals surface area contributed by atoms with Gasteiger partial charge in [-0.2, -0.15) is 0 Å². The molecule has 5 heteroatoms. The number of aliphatic hydroxyl groups excluding tert-OH is 2. The molecule has 0 aliphatic rings. The molecule has 148 valence electrons. The van der Waals surface area contributed by atoms with Crippen LogP contribution in [0.2, 0.25) is 0 Å². The number of hydrogen-bond donors (Lipinski definition) is 2. The van der Waals surface area contributed by atoms with Crippen molar-refractivity contribution < 1.29 is 14.9 Å². The van der Waals surface area contributed by atoms with Gasteiger partial charge in [-0.15, -0.1) is 0 Å². The summed E-state index contributed by atoms with van der Waals surface area (Å²) in [7, 11) is 1.90. The molecule has 0 aliphatic heterocycles. The van der Waals surface area contributed by atoms with Crippen molar-refractivity contribution in [2.75, 3.05) is 20.2 Å². The number of benzene rings is 2. The summed E-state index contributed by atoms with van der Waals surface area (Å²) >= 11 is 3.53. The minimum atomic E-state index is -0.655. The number of aliphatic hydroxyl groups is 2. The quantitative estimate of drug-likeness (QED) is 0.613. The second-order valence-electron chi connectivity index (χ2n) is 7.35. The van der Waals surface area contributed by atoms with Crippen molar-refractivity contribution in [3.63, 3.8) is 0 Å². The van der Waals surface area contributed by atoms with E-state index in [0.29, 0.717) is 12.5 Å². The second kappa shape index (κ2) is 10.2. The maximum absolute atomic E-state index is 10.5. The summed E-state index contributed by atoms with van der Waals surface area (Å²) in [4.78, 5) is 1.95. The standard InChI is InChI=1S/C22H30BrNO3/c1-15(2)18-10-11-21(20(23)12-18)27-14-19(25)13-24(4)16(3)22(26)17-8-6-5-7-9-17/h5-12,15-16,19,22,25-26H,13-14H2,1-4H3. The molecule has 0 aliphatic carbocycles. The van der Waals surface area contributed by atoms with Crippen molar-refractivity contribution in [2.45, 2.75) is 44.9 Å². The van der Waals surface area contributed by atoms with E-state index in [-0.39, 0.29) is 12.6 Å². The molecule has 0 radical (unpaired) electrons. The Hall–Kier alpha value is -1.40. The van der Waals surface area contributed by atoms with Crippen LogP contribution in [0.3, 0.4) is 0 Å². The van der Waals surface area contributed by atoms with Crippen LogP contribution in [0.5, 0.6) is 5.75 Å². The minimum Gasteiger partial charge on any atom is -0.490 e. The van der Waals surface area contributed by atoms with Gasteiger partial charge in [0.1, 0.15) is 18.5 Å². The highest BCUT2D eigenvalue weighted by molar-refractivity contribution is 9.10. The minimum absolute atomic E-state index is 0.126. The van der Waals surface area contributed by atoms with Gasteiger partial charge in [0.05, 0.1) is 10.6 Å². The van der Waals surface area contributed by atoms with Crippen molar-refractivity contribution in [1.82, 2.24) is 4.90 Å². The van der Waals surface area contributed by atoms with Gasteiger partial charge in [0.25, 0.3) is 0 Å². The first-order valence-electron chi connectivity index (χ1n) is 9.33. The molecule has 0 bridgehead atoms. The van der Waals surface area contributed by atoms with E-state index in [2.05, 4.69) is 35.8 Å². The Kier molecular flexibility index (Phi) is 8.29. The lowest BCUT2D eigenvalue weighted by molar-refractivity contribution is 0.0261. The van der Waals surface area contributed by atoms with Gasteiger partial charge < -0.3 is 14.9 Å². The maximum Gasteiger partial charge on any atom is 0.133 e. The first kappa shape index (κ1) is 21.9. The summed E-state index contributed by atoms with van der Waals surface area (Å²) < 4.78 is 6.66. The van der Waals surface area contributed by atoms with Crippen LogP contribution in [0, 0.1) is 0 Å². The smallest absolute Gasteiger partial charge is 0.133 e. The van der Waals surface area contributed by atoms with E-state index < -0.39 is 12.2 Å². The van der Waals surface area contributed by atoms with Gasteiger partial charge in [0, 0.05) is 12.6 Å². The summed E-state index contributed by atoms with van der Waals surface area (Å²) in [5.41, 5.74) is 2.11. The van der Waals surface area contributed by atoms with Crippen LogP contribution in [0.4, 0.5) is 0 Å². The number of likely N-dealkylation sites (N-methyl/N-ethyl adjacent to an activating group) is 1. The van der Waals surface area contributed by atoms with Crippen molar-refractivity contribution in [1.29, 1.82) is 0 Å². The van der Waals surface area contributed by atoms with E-state index in [1.54, 1.807) is 0 Å². The van der Waals surface area contributed by atoms with E-state index in [0.717, 1.165) is 15.8 Å². The van der Waals surface area contributed by atoms with Gasteiger partial charge in [-0.05, 0) is 59.1 Å². The maximum atomic E-state index is 10.5. The van der Waals surface area contributed by atoms with Crippen LogP contribution in [0.15, 0.2) is 53.0 Å². The number of hydrogen-bond acceptors (Lipinski definition) is 4. The lowest BCUT2D eigenvalue weighted by Crippen LogP contribution is -2.41. The van der Waals surface area contributed by atoms with Gasteiger partial charge in [-0.1, -0.05) is 50.2 Å². The zero-order chi connectivity index (χ0) is 20.0. The lowest BCUT2D eigenvalue weighted by Gasteiger charge is -2.30. The Morgan fingerprint density at radius 1 is 1.00 bits per heavy atom. The number of nitrogens with zero attached hydrogens (tertiary/aromatic N) is 1. The van der Waals surface area contributed by atoms with Crippen molar-refractivity contribution in [3.05, 3.63) is 64.1 Å². The molecule has 0 amide bonds. The summed E-state index contributed by atoms with van der Waals surface area (Å²) in [6.45, 7) is 6.84. The molecular weight excluding hydrogens is 406 g/mol. The second-order valence-corrected chi connectivity index (χ2v) is 8.20. The number of rotatable bonds is 9. The molecule has 0 spiro atoms. The van der Waals surface area contributed by atoms with Crippen LogP contribution >= 0.6 is 15.9 Å². The molecule has 2 rings (SSSR count). The van der Waals surface area contributed by atoms with E-state index in [1.807, 2.05) is 61.3 Å². The zero-order valence-electron chi connectivity index (χ0n) is 16.5. The van der Waals surface area contributed by atoms with Crippen LogP contribution in [0.1, 0.15) is 43.9 Å². The molecular formula is C22H30BrNO3. The zero-order valence-corrected chi connectivity index (χ0v) is 18.1. The first-order chi connectivity index (χ1) is 12.8. The molecule has 0 fully saturated rings. The van der Waals surface area contributed by atoms with Crippen LogP contribution in [-0.2, 0) is 0 Å². The van der Waals surface area contributed by atoms with Crippen LogP contribution in [-0.4, -0.2) is 47.5 Å². The molecule has 3 unspecified atom stereocenters. The number of halogens is 1. The molecule has 2 aromatic carbocycles. The molecule has 0 heterocycles. The lowest BCUT2D eigenvalue weighted by atomic mass is 10.0. The predicted octanol–water partition coefficient (Wildman–Crippen LogP) is 4.37. The summed E-state index contributed by atoms with van der Waals surface area (Å²) in [5, 5.41) is 20.9. The van der Waals surface area contributed by atoms with Gasteiger partial charge in [-0.25, -0.2) is 0 Å². The fourth-order valence-electron chi connectivity index (χ4n) is 2.90. The van der Waals surface area contributed by atoms with Gasteiger partial charge in [-0.3, -0.25) is 4.90 Å². The van der Waals surface area contributed by atoms with E-state index in [9.17, 15) is 10.2 Å². The predicted molar refractivity (Wildman–Crippen MR) is 113 cm³/mol. The van der Waals surface area contributed by atoms with Crippen LogP contribution in [0.25, 0.3) is 0 Å². The van der Waals surface area contributed by atoms with Gasteiger partial charge in [0.15, 0.2) is 0 Å². The molecule has 0 aromatic heterocycles. The normalized spacial score (nSPS) is 15.0. The average molecular weight is 436 g/mol. The molecule has 2 aromatic rings. The fraction of sp³-hybridized carbons (Fsp3) is 0.455. The summed E-state index contributed by atoms with van der Waals surface area (Å²) in [6.07, 6.45) is -1.26. The SMILES string of the molecule is CC(C)c1ccc(OCC(O)CN(C)C(C)C(O)c2ccccc2)c(Br)c1. The van der Waals surface area contributed by atoms with Crippen molar-refractivity contribution in [3.8, 4) is 5.75 Å². The van der Waals surface area contributed by atoms with Crippen molar-refractivity contribution in [2.24, 2.45) is 0 Å². The van der Waals surface area contributed by atoms with Gasteiger partial charge >= 0.3 is 0 Å². The number of ether oxygens (including phenoxy) is 1. The molecule has 0 saturated heterocycles. The Bertz CT molecular complexity index is 708. The Balaban J connectivity index is 1.87. The molecule has 4 nitrogen and oxygen atoms in total.